The van der Waals surface area contributed by atoms with Gasteiger partial charge in [0.2, 0.25) is 0 Å². The molecule has 0 saturated heterocycles. The summed E-state index contributed by atoms with van der Waals surface area (Å²) in [7, 11) is 3.91. The van der Waals surface area contributed by atoms with Crippen molar-refractivity contribution < 1.29 is 14.6 Å². The first kappa shape index (κ1) is 18.6. The highest BCUT2D eigenvalue weighted by Gasteiger charge is 2.10. The number of amides is 2. The van der Waals surface area contributed by atoms with Crippen molar-refractivity contribution in [1.29, 1.82) is 0 Å². The van der Waals surface area contributed by atoms with Crippen molar-refractivity contribution in [3.8, 4) is 5.75 Å². The minimum Gasteiger partial charge on any atom is -0.494 e. The van der Waals surface area contributed by atoms with Gasteiger partial charge in [0.15, 0.2) is 0 Å². The van der Waals surface area contributed by atoms with Crippen LogP contribution in [0.4, 0.5) is 16.2 Å². The molecule has 25 heavy (non-hydrogen) atoms. The van der Waals surface area contributed by atoms with E-state index in [1.807, 2.05) is 50.2 Å². The fraction of sp³-hybridized carbons (Fsp3) is 0.316. The second kappa shape index (κ2) is 8.94. The summed E-state index contributed by atoms with van der Waals surface area (Å²) in [6.45, 7) is 2.64. The quantitative estimate of drug-likeness (QED) is 0.722. The van der Waals surface area contributed by atoms with E-state index in [1.54, 1.807) is 24.3 Å². The summed E-state index contributed by atoms with van der Waals surface area (Å²) in [5.41, 5.74) is 2.47. The number of anilines is 2. The maximum atomic E-state index is 11.9. The van der Waals surface area contributed by atoms with Crippen LogP contribution in [-0.4, -0.2) is 38.4 Å². The highest BCUT2D eigenvalue weighted by atomic mass is 16.5. The molecule has 2 aromatic carbocycles. The maximum Gasteiger partial charge on any atom is 0.319 e. The number of urea groups is 1. The second-order valence-corrected chi connectivity index (χ2v) is 5.79. The zero-order valence-corrected chi connectivity index (χ0v) is 14.8. The third kappa shape index (κ3) is 5.69. The highest BCUT2D eigenvalue weighted by Crippen LogP contribution is 2.18. The van der Waals surface area contributed by atoms with E-state index in [0.29, 0.717) is 12.3 Å². The van der Waals surface area contributed by atoms with Gasteiger partial charge in [0.05, 0.1) is 12.7 Å². The standard InChI is InChI=1S/C19H25N3O3/c1-4-25-17-11-7-15(8-12-17)21-19(24)20-13-18(23)14-5-9-16(10-6-14)22(2)3/h5-12,18,23H,4,13H2,1-3H3,(H2,20,21,24). The number of carbonyl (C=O) groups excluding carboxylic acids is 1. The van der Waals surface area contributed by atoms with E-state index >= 15 is 0 Å². The van der Waals surface area contributed by atoms with E-state index < -0.39 is 6.10 Å². The first-order valence-electron chi connectivity index (χ1n) is 8.22. The molecule has 0 radical (unpaired) electrons. The molecule has 6 heteroatoms. The van der Waals surface area contributed by atoms with E-state index in [2.05, 4.69) is 10.6 Å². The van der Waals surface area contributed by atoms with Crippen molar-refractivity contribution in [2.24, 2.45) is 0 Å². The van der Waals surface area contributed by atoms with Crippen LogP contribution in [0, 0.1) is 0 Å². The highest BCUT2D eigenvalue weighted by molar-refractivity contribution is 5.89. The monoisotopic (exact) mass is 343 g/mol. The smallest absolute Gasteiger partial charge is 0.319 e. The number of carbonyl (C=O) groups is 1. The molecule has 0 aliphatic heterocycles. The Labute approximate surface area is 148 Å². The SMILES string of the molecule is CCOc1ccc(NC(=O)NCC(O)c2ccc(N(C)C)cc2)cc1. The molecule has 2 amide bonds. The normalized spacial score (nSPS) is 11.5. The van der Waals surface area contributed by atoms with Crippen molar-refractivity contribution >= 4 is 17.4 Å². The number of hydrogen-bond donors (Lipinski definition) is 3. The average molecular weight is 343 g/mol. The number of aliphatic hydroxyl groups excluding tert-OH is 1. The fourth-order valence-electron chi connectivity index (χ4n) is 2.28. The molecule has 134 valence electrons. The lowest BCUT2D eigenvalue weighted by Gasteiger charge is -2.16. The van der Waals surface area contributed by atoms with E-state index in [1.165, 1.54) is 0 Å². The Kier molecular flexibility index (Phi) is 6.65. The molecule has 6 nitrogen and oxygen atoms in total. The van der Waals surface area contributed by atoms with Crippen LogP contribution in [0.5, 0.6) is 5.75 Å². The largest absolute Gasteiger partial charge is 0.494 e. The minimum atomic E-state index is -0.762. The third-order valence-electron chi connectivity index (χ3n) is 3.67. The number of aliphatic hydroxyl groups is 1. The van der Waals surface area contributed by atoms with E-state index in [-0.39, 0.29) is 12.6 Å². The summed E-state index contributed by atoms with van der Waals surface area (Å²) in [5.74, 6) is 0.755. The second-order valence-electron chi connectivity index (χ2n) is 5.79. The van der Waals surface area contributed by atoms with Gasteiger partial charge in [0, 0.05) is 32.0 Å². The van der Waals surface area contributed by atoms with Gasteiger partial charge in [-0.15, -0.1) is 0 Å². The van der Waals surface area contributed by atoms with Gasteiger partial charge in [-0.1, -0.05) is 12.1 Å². The summed E-state index contributed by atoms with van der Waals surface area (Å²) in [4.78, 5) is 13.9. The maximum absolute atomic E-state index is 11.9. The van der Waals surface area contributed by atoms with Gasteiger partial charge in [0.25, 0.3) is 0 Å². The summed E-state index contributed by atoms with van der Waals surface area (Å²) >= 11 is 0. The predicted molar refractivity (Wildman–Crippen MR) is 100 cm³/mol. The lowest BCUT2D eigenvalue weighted by atomic mass is 10.1. The Bertz CT molecular complexity index is 669. The Morgan fingerprint density at radius 1 is 1.12 bits per heavy atom. The number of benzene rings is 2. The number of rotatable bonds is 7. The summed E-state index contributed by atoms with van der Waals surface area (Å²) < 4.78 is 5.35. The zero-order chi connectivity index (χ0) is 18.2. The molecule has 0 saturated carbocycles. The van der Waals surface area contributed by atoms with Crippen LogP contribution in [0.3, 0.4) is 0 Å². The van der Waals surface area contributed by atoms with Crippen molar-refractivity contribution in [2.75, 3.05) is 37.5 Å². The van der Waals surface area contributed by atoms with E-state index in [9.17, 15) is 9.90 Å². The Balaban J connectivity index is 1.82. The van der Waals surface area contributed by atoms with Crippen molar-refractivity contribution in [3.63, 3.8) is 0 Å². The molecular formula is C19H25N3O3. The van der Waals surface area contributed by atoms with Gasteiger partial charge < -0.3 is 25.4 Å². The molecular weight excluding hydrogens is 318 g/mol. The molecule has 3 N–H and O–H groups in total. The van der Waals surface area contributed by atoms with Gasteiger partial charge in [0.1, 0.15) is 5.75 Å². The number of nitrogens with zero attached hydrogens (tertiary/aromatic N) is 1. The Morgan fingerprint density at radius 2 is 1.76 bits per heavy atom. The first-order chi connectivity index (χ1) is 12.0. The molecule has 0 spiro atoms. The van der Waals surface area contributed by atoms with Crippen LogP contribution in [0.25, 0.3) is 0 Å². The summed E-state index contributed by atoms with van der Waals surface area (Å²) in [6.07, 6.45) is -0.762. The molecule has 0 aliphatic carbocycles. The van der Waals surface area contributed by atoms with Crippen molar-refractivity contribution in [3.05, 3.63) is 54.1 Å². The van der Waals surface area contributed by atoms with Crippen molar-refractivity contribution in [2.45, 2.75) is 13.0 Å². The molecule has 0 bridgehead atoms. The van der Waals surface area contributed by atoms with Crippen LogP contribution in [0.1, 0.15) is 18.6 Å². The summed E-state index contributed by atoms with van der Waals surface area (Å²) in [6, 6.07) is 14.3. The fourth-order valence-corrected chi connectivity index (χ4v) is 2.28. The molecule has 2 rings (SSSR count). The molecule has 1 unspecified atom stereocenters. The van der Waals surface area contributed by atoms with Crippen molar-refractivity contribution in [1.82, 2.24) is 5.32 Å². The third-order valence-corrected chi connectivity index (χ3v) is 3.67. The average Bonchev–Trinajstić information content (AvgIpc) is 2.61. The van der Waals surface area contributed by atoms with Crippen LogP contribution in [-0.2, 0) is 0 Å². The van der Waals surface area contributed by atoms with E-state index in [4.69, 9.17) is 4.74 Å². The van der Waals surface area contributed by atoms with Gasteiger partial charge in [-0.25, -0.2) is 4.79 Å². The van der Waals surface area contributed by atoms with Gasteiger partial charge >= 0.3 is 6.03 Å². The molecule has 0 aliphatic rings. The van der Waals surface area contributed by atoms with Gasteiger partial charge in [-0.3, -0.25) is 0 Å². The zero-order valence-electron chi connectivity index (χ0n) is 14.8. The lowest BCUT2D eigenvalue weighted by Crippen LogP contribution is -2.32. The van der Waals surface area contributed by atoms with Crippen LogP contribution in [0.2, 0.25) is 0 Å². The van der Waals surface area contributed by atoms with E-state index in [0.717, 1.165) is 17.0 Å². The number of nitrogens with one attached hydrogen (secondary N) is 2. The van der Waals surface area contributed by atoms with Crippen LogP contribution < -0.4 is 20.3 Å². The topological polar surface area (TPSA) is 73.8 Å². The predicted octanol–water partition coefficient (Wildman–Crippen LogP) is 3.01. The molecule has 0 heterocycles. The number of ether oxygens (including phenoxy) is 1. The minimum absolute atomic E-state index is 0.129. The first-order valence-corrected chi connectivity index (χ1v) is 8.22. The molecule has 2 aromatic rings. The molecule has 0 aromatic heterocycles. The van der Waals surface area contributed by atoms with Gasteiger partial charge in [-0.05, 0) is 48.9 Å². The lowest BCUT2D eigenvalue weighted by molar-refractivity contribution is 0.175. The van der Waals surface area contributed by atoms with Gasteiger partial charge in [-0.2, -0.15) is 0 Å². The Morgan fingerprint density at radius 3 is 2.32 bits per heavy atom. The summed E-state index contributed by atoms with van der Waals surface area (Å²) in [5, 5.41) is 15.6. The molecule has 0 fully saturated rings. The van der Waals surface area contributed by atoms with Crippen LogP contribution in [0.15, 0.2) is 48.5 Å². The Hall–Kier alpha value is -2.73. The number of hydrogen-bond acceptors (Lipinski definition) is 4. The molecule has 1 atom stereocenters. The van der Waals surface area contributed by atoms with Crippen LogP contribution >= 0.6 is 0 Å².